The van der Waals surface area contributed by atoms with Crippen molar-refractivity contribution in [3.63, 3.8) is 0 Å². The Morgan fingerprint density at radius 1 is 1.38 bits per heavy atom. The molecule has 0 radical (unpaired) electrons. The molecule has 2 rings (SSSR count). The van der Waals surface area contributed by atoms with Gasteiger partial charge in [0.2, 0.25) is 0 Å². The van der Waals surface area contributed by atoms with E-state index in [2.05, 4.69) is 0 Å². The Hall–Kier alpha value is -1.38. The van der Waals surface area contributed by atoms with Crippen LogP contribution in [0.15, 0.2) is 24.3 Å². The molecule has 1 aromatic rings. The van der Waals surface area contributed by atoms with Gasteiger partial charge < -0.3 is 5.11 Å². The van der Waals surface area contributed by atoms with Crippen molar-refractivity contribution in [1.82, 2.24) is 0 Å². The van der Waals surface area contributed by atoms with Crippen molar-refractivity contribution in [3.05, 3.63) is 35.4 Å². The van der Waals surface area contributed by atoms with E-state index in [0.29, 0.717) is 18.4 Å². The Morgan fingerprint density at radius 3 is 2.62 bits per heavy atom. The van der Waals surface area contributed by atoms with E-state index in [1.54, 1.807) is 24.3 Å². The molecule has 0 atom stereocenters. The van der Waals surface area contributed by atoms with Gasteiger partial charge in [0.25, 0.3) is 0 Å². The van der Waals surface area contributed by atoms with Crippen LogP contribution >= 0.6 is 0 Å². The van der Waals surface area contributed by atoms with E-state index < -0.39 is 18.1 Å². The van der Waals surface area contributed by atoms with Crippen molar-refractivity contribution in [2.24, 2.45) is 0 Å². The van der Waals surface area contributed by atoms with Crippen LogP contribution in [0.25, 0.3) is 0 Å². The van der Waals surface area contributed by atoms with Gasteiger partial charge in [-0.3, -0.25) is 4.79 Å². The summed E-state index contributed by atoms with van der Waals surface area (Å²) in [5, 5.41) is 9.39. The first-order valence-corrected chi connectivity index (χ1v) is 5.58. The van der Waals surface area contributed by atoms with Crippen LogP contribution in [-0.2, 0) is 16.9 Å². The van der Waals surface area contributed by atoms with E-state index >= 15 is 0 Å². The Bertz CT molecular complexity index is 395. The Labute approximate surface area is 94.1 Å². The standard InChI is InChI=1S/C13H15FO2/c14-9-10-4-3-5-11(8-10)13(12(15)16)6-1-2-7-13/h3-5,8H,1-2,6-7,9H2,(H,15,16). The average molecular weight is 222 g/mol. The van der Waals surface area contributed by atoms with Crippen LogP contribution in [0.4, 0.5) is 4.39 Å². The van der Waals surface area contributed by atoms with Crippen molar-refractivity contribution in [3.8, 4) is 0 Å². The quantitative estimate of drug-likeness (QED) is 0.853. The van der Waals surface area contributed by atoms with Crippen LogP contribution in [0.3, 0.4) is 0 Å². The summed E-state index contributed by atoms with van der Waals surface area (Å²) in [7, 11) is 0. The van der Waals surface area contributed by atoms with Gasteiger partial charge >= 0.3 is 5.97 Å². The molecule has 2 nitrogen and oxygen atoms in total. The highest BCUT2D eigenvalue weighted by Gasteiger charge is 2.42. The molecule has 0 spiro atoms. The van der Waals surface area contributed by atoms with E-state index in [4.69, 9.17) is 0 Å². The second-order valence-corrected chi connectivity index (χ2v) is 4.43. The monoisotopic (exact) mass is 222 g/mol. The lowest BCUT2D eigenvalue weighted by Gasteiger charge is -2.24. The molecule has 16 heavy (non-hydrogen) atoms. The topological polar surface area (TPSA) is 37.3 Å². The minimum Gasteiger partial charge on any atom is -0.481 e. The van der Waals surface area contributed by atoms with Crippen molar-refractivity contribution >= 4 is 5.97 Å². The number of alkyl halides is 1. The molecule has 1 aliphatic rings. The van der Waals surface area contributed by atoms with Gasteiger partial charge in [0, 0.05) is 0 Å². The zero-order chi connectivity index (χ0) is 11.6. The van der Waals surface area contributed by atoms with Crippen LogP contribution in [0, 0.1) is 0 Å². The number of halogens is 1. The highest BCUT2D eigenvalue weighted by molar-refractivity contribution is 5.81. The molecule has 1 N–H and O–H groups in total. The fourth-order valence-corrected chi connectivity index (χ4v) is 2.56. The predicted molar refractivity (Wildman–Crippen MR) is 59.0 cm³/mol. The van der Waals surface area contributed by atoms with E-state index in [-0.39, 0.29) is 0 Å². The first-order chi connectivity index (χ1) is 7.69. The third-order valence-corrected chi connectivity index (χ3v) is 3.50. The fourth-order valence-electron chi connectivity index (χ4n) is 2.56. The minimum absolute atomic E-state index is 0.538. The maximum absolute atomic E-state index is 12.6. The largest absolute Gasteiger partial charge is 0.481 e. The summed E-state index contributed by atoms with van der Waals surface area (Å²) in [6, 6.07) is 6.93. The molecule has 1 aliphatic carbocycles. The minimum atomic E-state index is -0.777. The van der Waals surface area contributed by atoms with Gasteiger partial charge in [0.1, 0.15) is 6.67 Å². The van der Waals surface area contributed by atoms with Crippen LogP contribution < -0.4 is 0 Å². The zero-order valence-corrected chi connectivity index (χ0v) is 9.08. The van der Waals surface area contributed by atoms with Gasteiger partial charge in [-0.15, -0.1) is 0 Å². The summed E-state index contributed by atoms with van der Waals surface area (Å²) in [5.41, 5.74) is 0.545. The van der Waals surface area contributed by atoms with Gasteiger partial charge in [0.15, 0.2) is 0 Å². The number of carboxylic acid groups (broad SMARTS) is 1. The predicted octanol–water partition coefficient (Wildman–Crippen LogP) is 3.05. The molecular weight excluding hydrogens is 207 g/mol. The van der Waals surface area contributed by atoms with E-state index in [1.165, 1.54) is 0 Å². The summed E-state index contributed by atoms with van der Waals surface area (Å²) >= 11 is 0. The number of aliphatic carboxylic acids is 1. The van der Waals surface area contributed by atoms with Crippen molar-refractivity contribution < 1.29 is 14.3 Å². The zero-order valence-electron chi connectivity index (χ0n) is 9.08. The second kappa shape index (κ2) is 4.24. The Balaban J connectivity index is 2.43. The van der Waals surface area contributed by atoms with Crippen LogP contribution in [-0.4, -0.2) is 11.1 Å². The molecule has 0 aliphatic heterocycles. The lowest BCUT2D eigenvalue weighted by atomic mass is 9.78. The number of hydrogen-bond donors (Lipinski definition) is 1. The molecule has 1 aromatic carbocycles. The first-order valence-electron chi connectivity index (χ1n) is 5.58. The van der Waals surface area contributed by atoms with Crippen LogP contribution in [0.2, 0.25) is 0 Å². The molecular formula is C13H15FO2. The molecule has 3 heteroatoms. The molecule has 1 fully saturated rings. The van der Waals surface area contributed by atoms with Crippen molar-refractivity contribution in [2.75, 3.05) is 0 Å². The molecule has 0 heterocycles. The third-order valence-electron chi connectivity index (χ3n) is 3.50. The lowest BCUT2D eigenvalue weighted by Crippen LogP contribution is -2.32. The van der Waals surface area contributed by atoms with Gasteiger partial charge in [-0.2, -0.15) is 0 Å². The van der Waals surface area contributed by atoms with E-state index in [0.717, 1.165) is 18.4 Å². The summed E-state index contributed by atoms with van der Waals surface area (Å²) in [6.45, 7) is -0.538. The highest BCUT2D eigenvalue weighted by Crippen LogP contribution is 2.41. The smallest absolute Gasteiger partial charge is 0.314 e. The maximum atomic E-state index is 12.6. The van der Waals surface area contributed by atoms with E-state index in [9.17, 15) is 14.3 Å². The maximum Gasteiger partial charge on any atom is 0.314 e. The van der Waals surface area contributed by atoms with Crippen molar-refractivity contribution in [2.45, 2.75) is 37.8 Å². The number of rotatable bonds is 3. The van der Waals surface area contributed by atoms with Crippen LogP contribution in [0.1, 0.15) is 36.8 Å². The summed E-state index contributed by atoms with van der Waals surface area (Å²) in [5.74, 6) is -0.777. The van der Waals surface area contributed by atoms with E-state index in [1.807, 2.05) is 0 Å². The van der Waals surface area contributed by atoms with Crippen LogP contribution in [0.5, 0.6) is 0 Å². The highest BCUT2D eigenvalue weighted by atomic mass is 19.1. The van der Waals surface area contributed by atoms with Gasteiger partial charge in [-0.1, -0.05) is 37.1 Å². The number of benzene rings is 1. The van der Waals surface area contributed by atoms with Gasteiger partial charge in [-0.25, -0.2) is 4.39 Å². The summed E-state index contributed by atoms with van der Waals surface area (Å²) in [4.78, 5) is 11.4. The summed E-state index contributed by atoms with van der Waals surface area (Å²) in [6.07, 6.45) is 3.20. The third kappa shape index (κ3) is 1.70. The molecule has 0 unspecified atom stereocenters. The second-order valence-electron chi connectivity index (χ2n) is 4.43. The number of hydrogen-bond acceptors (Lipinski definition) is 1. The molecule has 0 bridgehead atoms. The first kappa shape index (κ1) is 11.1. The van der Waals surface area contributed by atoms with Crippen molar-refractivity contribution in [1.29, 1.82) is 0 Å². The molecule has 86 valence electrons. The fraction of sp³-hybridized carbons (Fsp3) is 0.462. The Kier molecular flexibility index (Phi) is 2.95. The summed E-state index contributed by atoms with van der Waals surface area (Å²) < 4.78 is 12.6. The molecule has 0 saturated heterocycles. The van der Waals surface area contributed by atoms with Gasteiger partial charge in [-0.05, 0) is 24.0 Å². The Morgan fingerprint density at radius 2 is 2.06 bits per heavy atom. The SMILES string of the molecule is O=C(O)C1(c2cccc(CF)c2)CCCC1. The molecule has 0 aromatic heterocycles. The number of carbonyl (C=O) groups is 1. The molecule has 1 saturated carbocycles. The number of carboxylic acids is 1. The average Bonchev–Trinajstić information content (AvgIpc) is 2.79. The van der Waals surface area contributed by atoms with Gasteiger partial charge in [0.05, 0.1) is 5.41 Å². The normalized spacial score (nSPS) is 18.6. The lowest BCUT2D eigenvalue weighted by molar-refractivity contribution is -0.143. The molecule has 0 amide bonds.